The smallest absolute Gasteiger partial charge is 0.407 e. The molecule has 0 saturated carbocycles. The quantitative estimate of drug-likeness (QED) is 0.721. The van der Waals surface area contributed by atoms with Gasteiger partial charge in [-0.2, -0.15) is 0 Å². The average molecular weight is 291 g/mol. The van der Waals surface area contributed by atoms with Crippen LogP contribution in [0.3, 0.4) is 0 Å². The number of hydrogen-bond donors (Lipinski definition) is 2. The van der Waals surface area contributed by atoms with Crippen LogP contribution in [-0.2, 0) is 0 Å². The molecule has 0 aromatic carbocycles. The Labute approximate surface area is 122 Å². The van der Waals surface area contributed by atoms with E-state index in [1.54, 1.807) is 4.90 Å². The van der Waals surface area contributed by atoms with Gasteiger partial charge in [0.2, 0.25) is 0 Å². The topological polar surface area (TPSA) is 52.6 Å². The Morgan fingerprint density at radius 3 is 2.37 bits per heavy atom. The van der Waals surface area contributed by atoms with E-state index in [4.69, 9.17) is 5.11 Å². The number of carboxylic acid groups (broad SMARTS) is 1. The number of carbonyl (C=O) groups is 1. The zero-order valence-electron chi connectivity index (χ0n) is 12.2. The Balaban J connectivity index is 0.00000180. The molecule has 19 heavy (non-hydrogen) atoms. The van der Waals surface area contributed by atoms with Gasteiger partial charge in [0.05, 0.1) is 0 Å². The maximum Gasteiger partial charge on any atom is 0.407 e. The molecule has 4 nitrogen and oxygen atoms in total. The summed E-state index contributed by atoms with van der Waals surface area (Å²) in [5, 5.41) is 12.6. The van der Waals surface area contributed by atoms with Crippen LogP contribution in [-0.4, -0.2) is 42.3 Å². The molecule has 2 N–H and O–H groups in total. The molecule has 2 rings (SSSR count). The zero-order valence-corrected chi connectivity index (χ0v) is 13.1. The monoisotopic (exact) mass is 290 g/mol. The van der Waals surface area contributed by atoms with Crippen molar-refractivity contribution in [1.82, 2.24) is 10.2 Å². The summed E-state index contributed by atoms with van der Waals surface area (Å²) in [5.74, 6) is 0.696. The first kappa shape index (κ1) is 16.6. The Kier molecular flexibility index (Phi) is 5.13. The second-order valence-corrected chi connectivity index (χ2v) is 7.02. The number of rotatable bonds is 0. The molecule has 1 unspecified atom stereocenters. The molecular weight excluding hydrogens is 264 g/mol. The van der Waals surface area contributed by atoms with Crippen LogP contribution in [0.5, 0.6) is 0 Å². The highest BCUT2D eigenvalue weighted by atomic mass is 35.5. The highest BCUT2D eigenvalue weighted by molar-refractivity contribution is 5.85. The van der Waals surface area contributed by atoms with Crippen molar-refractivity contribution in [3.8, 4) is 0 Å². The molecule has 0 aliphatic carbocycles. The predicted octanol–water partition coefficient (Wildman–Crippen LogP) is 2.82. The van der Waals surface area contributed by atoms with Crippen LogP contribution in [0.4, 0.5) is 4.79 Å². The van der Waals surface area contributed by atoms with E-state index in [2.05, 4.69) is 26.1 Å². The lowest BCUT2D eigenvalue weighted by atomic mass is 9.57. The lowest BCUT2D eigenvalue weighted by Crippen LogP contribution is -2.56. The summed E-state index contributed by atoms with van der Waals surface area (Å²) in [7, 11) is 0. The van der Waals surface area contributed by atoms with Crippen LogP contribution in [0.1, 0.15) is 40.0 Å². The predicted molar refractivity (Wildman–Crippen MR) is 78.9 cm³/mol. The molecule has 2 fully saturated rings. The molecule has 1 spiro atoms. The van der Waals surface area contributed by atoms with Crippen molar-refractivity contribution in [2.75, 3.05) is 26.2 Å². The third-order valence-corrected chi connectivity index (χ3v) is 4.90. The van der Waals surface area contributed by atoms with Crippen LogP contribution < -0.4 is 5.32 Å². The number of hydrogen-bond acceptors (Lipinski definition) is 2. The molecule has 0 bridgehead atoms. The van der Waals surface area contributed by atoms with Crippen LogP contribution in [0, 0.1) is 16.7 Å². The zero-order chi connectivity index (χ0) is 13.4. The van der Waals surface area contributed by atoms with Crippen molar-refractivity contribution < 1.29 is 9.90 Å². The number of amides is 1. The maximum atomic E-state index is 11.0. The number of likely N-dealkylation sites (tertiary alicyclic amines) is 1. The van der Waals surface area contributed by atoms with Gasteiger partial charge in [0.15, 0.2) is 0 Å². The van der Waals surface area contributed by atoms with E-state index in [0.29, 0.717) is 29.8 Å². The first-order valence-corrected chi connectivity index (χ1v) is 7.04. The number of nitrogens with zero attached hydrogens (tertiary/aromatic N) is 1. The summed E-state index contributed by atoms with van der Waals surface area (Å²) in [5.41, 5.74) is 0.621. The van der Waals surface area contributed by atoms with Gasteiger partial charge in [-0.05, 0) is 42.6 Å². The van der Waals surface area contributed by atoms with E-state index >= 15 is 0 Å². The number of nitrogens with one attached hydrogen (secondary N) is 1. The highest BCUT2D eigenvalue weighted by Gasteiger charge is 2.47. The second kappa shape index (κ2) is 5.88. The third-order valence-electron chi connectivity index (χ3n) is 4.90. The standard InChI is InChI=1S/C14H26N2O2.ClH/c1-13(2,3)11-4-7-15-10-14(11)5-8-16(9-6-14)12(17)18;/h11,15H,4-10H2,1-3H3,(H,17,18);1H. The fraction of sp³-hybridized carbons (Fsp3) is 0.929. The molecule has 5 heteroatoms. The van der Waals surface area contributed by atoms with E-state index in [0.717, 1.165) is 25.9 Å². The molecular formula is C14H27ClN2O2. The minimum Gasteiger partial charge on any atom is -0.465 e. The second-order valence-electron chi connectivity index (χ2n) is 7.02. The Bertz CT molecular complexity index is 320. The lowest BCUT2D eigenvalue weighted by Gasteiger charge is -2.53. The van der Waals surface area contributed by atoms with Gasteiger partial charge in [-0.15, -0.1) is 12.4 Å². The first-order chi connectivity index (χ1) is 8.35. The molecule has 2 heterocycles. The lowest BCUT2D eigenvalue weighted by molar-refractivity contribution is -0.0229. The number of piperidine rings is 2. The van der Waals surface area contributed by atoms with Gasteiger partial charge in [0, 0.05) is 19.6 Å². The highest BCUT2D eigenvalue weighted by Crippen LogP contribution is 2.49. The van der Waals surface area contributed by atoms with Gasteiger partial charge < -0.3 is 15.3 Å². The van der Waals surface area contributed by atoms with E-state index in [1.165, 1.54) is 6.42 Å². The normalized spacial score (nSPS) is 26.9. The van der Waals surface area contributed by atoms with Gasteiger partial charge in [0.1, 0.15) is 0 Å². The van der Waals surface area contributed by atoms with Gasteiger partial charge in [-0.1, -0.05) is 20.8 Å². The summed E-state index contributed by atoms with van der Waals surface area (Å²) >= 11 is 0. The van der Waals surface area contributed by atoms with Gasteiger partial charge in [0.25, 0.3) is 0 Å². The largest absolute Gasteiger partial charge is 0.465 e. The third kappa shape index (κ3) is 3.34. The van der Waals surface area contributed by atoms with Gasteiger partial charge in [-0.3, -0.25) is 0 Å². The Hall–Kier alpha value is -0.480. The maximum absolute atomic E-state index is 11.0. The van der Waals surface area contributed by atoms with Crippen LogP contribution in [0.15, 0.2) is 0 Å². The summed E-state index contributed by atoms with van der Waals surface area (Å²) in [6, 6.07) is 0. The summed E-state index contributed by atoms with van der Waals surface area (Å²) in [6.07, 6.45) is 2.47. The number of halogens is 1. The van der Waals surface area contributed by atoms with Crippen LogP contribution in [0.25, 0.3) is 0 Å². The SMILES string of the molecule is CC(C)(C)C1CCNCC12CCN(C(=O)O)CC2.Cl. The van der Waals surface area contributed by atoms with E-state index in [-0.39, 0.29) is 12.4 Å². The summed E-state index contributed by atoms with van der Waals surface area (Å²) < 4.78 is 0. The summed E-state index contributed by atoms with van der Waals surface area (Å²) in [6.45, 7) is 10.5. The van der Waals surface area contributed by atoms with Crippen molar-refractivity contribution >= 4 is 18.5 Å². The van der Waals surface area contributed by atoms with E-state index in [9.17, 15) is 4.79 Å². The Morgan fingerprint density at radius 1 is 1.32 bits per heavy atom. The molecule has 0 aromatic heterocycles. The molecule has 2 aliphatic heterocycles. The van der Waals surface area contributed by atoms with E-state index < -0.39 is 6.09 Å². The minimum absolute atomic E-state index is 0. The molecule has 112 valence electrons. The van der Waals surface area contributed by atoms with Crippen LogP contribution >= 0.6 is 12.4 Å². The minimum atomic E-state index is -0.763. The molecule has 1 amide bonds. The van der Waals surface area contributed by atoms with Crippen molar-refractivity contribution in [2.45, 2.75) is 40.0 Å². The fourth-order valence-electron chi connectivity index (χ4n) is 4.03. The van der Waals surface area contributed by atoms with Crippen molar-refractivity contribution in [2.24, 2.45) is 16.7 Å². The van der Waals surface area contributed by atoms with Crippen molar-refractivity contribution in [1.29, 1.82) is 0 Å². The van der Waals surface area contributed by atoms with Gasteiger partial charge >= 0.3 is 6.09 Å². The molecule has 1 atom stereocenters. The van der Waals surface area contributed by atoms with Crippen molar-refractivity contribution in [3.05, 3.63) is 0 Å². The van der Waals surface area contributed by atoms with Gasteiger partial charge in [-0.25, -0.2) is 4.79 Å². The fourth-order valence-corrected chi connectivity index (χ4v) is 4.03. The molecule has 2 saturated heterocycles. The van der Waals surface area contributed by atoms with Crippen molar-refractivity contribution in [3.63, 3.8) is 0 Å². The molecule has 0 aromatic rings. The molecule has 2 aliphatic rings. The average Bonchev–Trinajstić information content (AvgIpc) is 2.28. The first-order valence-electron chi connectivity index (χ1n) is 7.04. The molecule has 0 radical (unpaired) electrons. The summed E-state index contributed by atoms with van der Waals surface area (Å²) in [4.78, 5) is 12.6. The Morgan fingerprint density at radius 2 is 1.89 bits per heavy atom. The van der Waals surface area contributed by atoms with Crippen LogP contribution in [0.2, 0.25) is 0 Å². The van der Waals surface area contributed by atoms with E-state index in [1.807, 2.05) is 0 Å².